The molecule has 2 aliphatic heterocycles. The Hall–Kier alpha value is -0.690. The molecule has 1 unspecified atom stereocenters. The molecule has 2 saturated heterocycles. The predicted molar refractivity (Wildman–Crippen MR) is 95.6 cm³/mol. The van der Waals surface area contributed by atoms with Crippen molar-refractivity contribution in [1.82, 2.24) is 9.62 Å². The van der Waals surface area contributed by atoms with Gasteiger partial charge in [0, 0.05) is 19.1 Å². The molecule has 1 aromatic rings. The topological polar surface area (TPSA) is 49.4 Å². The predicted octanol–water partition coefficient (Wildman–Crippen LogP) is 3.02. The lowest BCUT2D eigenvalue weighted by molar-refractivity contribution is 0.234. The van der Waals surface area contributed by atoms with Crippen LogP contribution in [0, 0.1) is 25.6 Å². The average molecular weight is 377 g/mol. The van der Waals surface area contributed by atoms with Crippen LogP contribution in [0.2, 0.25) is 0 Å². The number of rotatable bonds is 3. The molecule has 1 aromatic carbocycles. The molecule has 0 aromatic heterocycles. The van der Waals surface area contributed by atoms with Crippen LogP contribution in [0.3, 0.4) is 0 Å². The van der Waals surface area contributed by atoms with Crippen LogP contribution < -0.4 is 5.32 Å². The lowest BCUT2D eigenvalue weighted by atomic mass is 9.89. The summed E-state index contributed by atoms with van der Waals surface area (Å²) >= 11 is 0. The fraction of sp³-hybridized carbons (Fsp3) is 0.647. The van der Waals surface area contributed by atoms with Gasteiger partial charge in [-0.05, 0) is 75.3 Å². The smallest absolute Gasteiger partial charge is 0.243 e. The molecule has 0 radical (unpaired) electrons. The molecular weight excluding hydrogens is 351 g/mol. The Kier molecular flexibility index (Phi) is 6.29. The molecule has 0 aliphatic carbocycles. The van der Waals surface area contributed by atoms with Crippen LogP contribution in [0.1, 0.15) is 36.8 Å². The molecule has 136 valence electrons. The summed E-state index contributed by atoms with van der Waals surface area (Å²) in [5, 5.41) is 3.53. The summed E-state index contributed by atoms with van der Waals surface area (Å²) in [6.07, 6.45) is 4.22. The Labute approximate surface area is 150 Å². The summed E-state index contributed by atoms with van der Waals surface area (Å²) in [5.74, 6) is 0.185. The summed E-state index contributed by atoms with van der Waals surface area (Å²) in [5.41, 5.74) is 0.976. The lowest BCUT2D eigenvalue weighted by Crippen LogP contribution is -2.43. The standard InChI is InChI=1S/C17H25FN2O2S.ClH/c1-12-10-15(18)11-13(2)17(12)23(21,22)20-8-5-14(6-9-20)16-4-3-7-19-16;/h10-11,14,16,19H,3-9H2,1-2H3;1H. The first-order chi connectivity index (χ1) is 10.9. The second-order valence-corrected chi connectivity index (χ2v) is 8.69. The molecule has 2 aliphatic rings. The number of piperidine rings is 1. The fourth-order valence-electron chi connectivity index (χ4n) is 4.07. The van der Waals surface area contributed by atoms with Gasteiger partial charge < -0.3 is 5.32 Å². The van der Waals surface area contributed by atoms with Gasteiger partial charge in [0.25, 0.3) is 0 Å². The van der Waals surface area contributed by atoms with Crippen molar-refractivity contribution in [3.63, 3.8) is 0 Å². The van der Waals surface area contributed by atoms with Crippen LogP contribution in [-0.2, 0) is 10.0 Å². The van der Waals surface area contributed by atoms with Gasteiger partial charge in [-0.25, -0.2) is 12.8 Å². The van der Waals surface area contributed by atoms with E-state index in [0.717, 1.165) is 19.4 Å². The fourth-order valence-corrected chi connectivity index (χ4v) is 5.95. The van der Waals surface area contributed by atoms with E-state index in [1.54, 1.807) is 18.2 Å². The van der Waals surface area contributed by atoms with Gasteiger partial charge in [-0.15, -0.1) is 12.4 Å². The SMILES string of the molecule is Cc1cc(F)cc(C)c1S(=O)(=O)N1CCC(C2CCCN2)CC1.Cl. The van der Waals surface area contributed by atoms with Crippen molar-refractivity contribution in [2.75, 3.05) is 19.6 Å². The number of nitrogens with zero attached hydrogens (tertiary/aromatic N) is 1. The van der Waals surface area contributed by atoms with Gasteiger partial charge >= 0.3 is 0 Å². The van der Waals surface area contributed by atoms with E-state index in [9.17, 15) is 12.8 Å². The van der Waals surface area contributed by atoms with Crippen molar-refractivity contribution in [2.24, 2.45) is 5.92 Å². The van der Waals surface area contributed by atoms with Crippen molar-refractivity contribution in [3.8, 4) is 0 Å². The van der Waals surface area contributed by atoms with E-state index in [2.05, 4.69) is 5.32 Å². The van der Waals surface area contributed by atoms with Crippen LogP contribution in [-0.4, -0.2) is 38.4 Å². The summed E-state index contributed by atoms with van der Waals surface area (Å²) in [6, 6.07) is 3.15. The number of halogens is 2. The monoisotopic (exact) mass is 376 g/mol. The van der Waals surface area contributed by atoms with Crippen molar-refractivity contribution in [1.29, 1.82) is 0 Å². The lowest BCUT2D eigenvalue weighted by Gasteiger charge is -2.34. The second kappa shape index (κ2) is 7.68. The van der Waals surface area contributed by atoms with Gasteiger partial charge in [0.2, 0.25) is 10.0 Å². The van der Waals surface area contributed by atoms with Gasteiger partial charge in [-0.3, -0.25) is 0 Å². The molecule has 3 rings (SSSR count). The number of aryl methyl sites for hydroxylation is 2. The van der Waals surface area contributed by atoms with Crippen molar-refractivity contribution < 1.29 is 12.8 Å². The third-order valence-electron chi connectivity index (χ3n) is 5.19. The number of nitrogens with one attached hydrogen (secondary N) is 1. The summed E-state index contributed by atoms with van der Waals surface area (Å²) < 4.78 is 40.9. The van der Waals surface area contributed by atoms with Crippen LogP contribution in [0.5, 0.6) is 0 Å². The largest absolute Gasteiger partial charge is 0.314 e. The Morgan fingerprint density at radius 3 is 2.21 bits per heavy atom. The zero-order valence-electron chi connectivity index (χ0n) is 14.2. The van der Waals surface area contributed by atoms with Crippen LogP contribution in [0.15, 0.2) is 17.0 Å². The Balaban J connectivity index is 0.00000208. The van der Waals surface area contributed by atoms with Gasteiger partial charge in [0.15, 0.2) is 0 Å². The molecule has 7 heteroatoms. The minimum absolute atomic E-state index is 0. The minimum atomic E-state index is -3.54. The summed E-state index contributed by atoms with van der Waals surface area (Å²) in [6.45, 7) is 5.52. The quantitative estimate of drug-likeness (QED) is 0.882. The highest BCUT2D eigenvalue weighted by Crippen LogP contribution is 2.31. The van der Waals surface area contributed by atoms with Crippen LogP contribution in [0.4, 0.5) is 4.39 Å². The second-order valence-electron chi connectivity index (χ2n) is 6.81. The first-order valence-electron chi connectivity index (χ1n) is 8.40. The van der Waals surface area contributed by atoms with E-state index < -0.39 is 10.0 Å². The number of sulfonamides is 1. The highest BCUT2D eigenvalue weighted by Gasteiger charge is 2.34. The molecule has 1 N–H and O–H groups in total. The summed E-state index contributed by atoms with van der Waals surface area (Å²) in [7, 11) is -3.54. The van der Waals surface area contributed by atoms with E-state index in [0.29, 0.717) is 36.2 Å². The molecule has 0 bridgehead atoms. The third-order valence-corrected chi connectivity index (χ3v) is 7.39. The molecule has 2 fully saturated rings. The van der Waals surface area contributed by atoms with Crippen LogP contribution >= 0.6 is 12.4 Å². The van der Waals surface area contributed by atoms with Gasteiger partial charge in [0.1, 0.15) is 5.82 Å². The highest BCUT2D eigenvalue weighted by molar-refractivity contribution is 7.89. The van der Waals surface area contributed by atoms with Crippen molar-refractivity contribution >= 4 is 22.4 Å². The van der Waals surface area contributed by atoms with E-state index in [1.165, 1.54) is 25.0 Å². The molecule has 2 heterocycles. The maximum absolute atomic E-state index is 13.4. The number of hydrogen-bond donors (Lipinski definition) is 1. The zero-order valence-corrected chi connectivity index (χ0v) is 15.9. The average Bonchev–Trinajstić information content (AvgIpc) is 3.00. The molecule has 4 nitrogen and oxygen atoms in total. The maximum atomic E-state index is 13.4. The first kappa shape index (κ1) is 19.6. The van der Waals surface area contributed by atoms with E-state index in [1.807, 2.05) is 0 Å². The van der Waals surface area contributed by atoms with Gasteiger partial charge in [-0.2, -0.15) is 4.31 Å². The molecule has 0 spiro atoms. The molecule has 0 amide bonds. The number of benzene rings is 1. The zero-order chi connectivity index (χ0) is 16.6. The number of hydrogen-bond acceptors (Lipinski definition) is 3. The summed E-state index contributed by atoms with van der Waals surface area (Å²) in [4.78, 5) is 0.274. The maximum Gasteiger partial charge on any atom is 0.243 e. The van der Waals surface area contributed by atoms with E-state index >= 15 is 0 Å². The normalized spacial score (nSPS) is 23.2. The Bertz CT molecular complexity index is 659. The molecule has 1 atom stereocenters. The van der Waals surface area contributed by atoms with Gasteiger partial charge in [-0.1, -0.05) is 0 Å². The molecular formula is C17H26ClFN2O2S. The van der Waals surface area contributed by atoms with Crippen molar-refractivity contribution in [3.05, 3.63) is 29.1 Å². The van der Waals surface area contributed by atoms with Crippen LogP contribution in [0.25, 0.3) is 0 Å². The molecule has 24 heavy (non-hydrogen) atoms. The highest BCUT2D eigenvalue weighted by atomic mass is 35.5. The Morgan fingerprint density at radius 1 is 1.12 bits per heavy atom. The van der Waals surface area contributed by atoms with E-state index in [4.69, 9.17) is 0 Å². The third kappa shape index (κ3) is 3.77. The van der Waals surface area contributed by atoms with Crippen molar-refractivity contribution in [2.45, 2.75) is 50.5 Å². The Morgan fingerprint density at radius 2 is 1.71 bits per heavy atom. The first-order valence-corrected chi connectivity index (χ1v) is 9.84. The molecule has 0 saturated carbocycles. The minimum Gasteiger partial charge on any atom is -0.314 e. The van der Waals surface area contributed by atoms with E-state index in [-0.39, 0.29) is 23.1 Å². The van der Waals surface area contributed by atoms with Gasteiger partial charge in [0.05, 0.1) is 4.90 Å².